The average molecular weight is 337 g/mol. The van der Waals surface area contributed by atoms with E-state index < -0.39 is 0 Å². The first kappa shape index (κ1) is 14.7. The molecule has 2 heterocycles. The topological polar surface area (TPSA) is 54.6 Å². The van der Waals surface area contributed by atoms with E-state index in [0.717, 1.165) is 11.1 Å². The van der Waals surface area contributed by atoms with Gasteiger partial charge in [0.2, 0.25) is 5.88 Å². The van der Waals surface area contributed by atoms with Crippen LogP contribution in [0.15, 0.2) is 59.6 Å². The number of benzene rings is 2. The van der Waals surface area contributed by atoms with E-state index >= 15 is 0 Å². The highest BCUT2D eigenvalue weighted by atomic mass is 35.5. The highest BCUT2D eigenvalue weighted by molar-refractivity contribution is 6.32. The molecular weight excluding hydrogens is 324 g/mol. The van der Waals surface area contributed by atoms with Gasteiger partial charge < -0.3 is 9.67 Å². The Bertz CT molecular complexity index is 986. The minimum atomic E-state index is -0.343. The Kier molecular flexibility index (Phi) is 3.28. The second kappa shape index (κ2) is 5.35. The standard InChI is InChI=1S/C19H13ClN2O2/c1-22-17(12-5-3-2-4-6-12)15-14(19(22)24)16(21-18(15)23)11-7-9-13(20)10-8-11/h2-10,24H,1H3. The third-order valence-electron chi connectivity index (χ3n) is 4.19. The molecule has 1 aliphatic heterocycles. The van der Waals surface area contributed by atoms with Gasteiger partial charge in [-0.1, -0.05) is 54.1 Å². The van der Waals surface area contributed by atoms with E-state index in [0.29, 0.717) is 27.6 Å². The zero-order valence-corrected chi connectivity index (χ0v) is 13.6. The summed E-state index contributed by atoms with van der Waals surface area (Å²) in [5.74, 6) is -0.312. The summed E-state index contributed by atoms with van der Waals surface area (Å²) in [6, 6.07) is 16.6. The Balaban J connectivity index is 1.95. The summed E-state index contributed by atoms with van der Waals surface area (Å²) >= 11 is 5.93. The molecule has 0 atom stereocenters. The van der Waals surface area contributed by atoms with Crippen molar-refractivity contribution < 1.29 is 9.90 Å². The number of aromatic hydroxyl groups is 1. The van der Waals surface area contributed by atoms with Gasteiger partial charge in [-0.2, -0.15) is 0 Å². The maximum atomic E-state index is 12.5. The lowest BCUT2D eigenvalue weighted by Gasteiger charge is -2.06. The maximum Gasteiger partial charge on any atom is 0.280 e. The van der Waals surface area contributed by atoms with Crippen LogP contribution < -0.4 is 0 Å². The normalized spacial score (nSPS) is 13.1. The monoisotopic (exact) mass is 336 g/mol. The largest absolute Gasteiger partial charge is 0.494 e. The minimum absolute atomic E-state index is 0.0309. The van der Waals surface area contributed by atoms with Crippen LogP contribution in [-0.2, 0) is 7.05 Å². The summed E-state index contributed by atoms with van der Waals surface area (Å²) in [5.41, 5.74) is 3.65. The van der Waals surface area contributed by atoms with Gasteiger partial charge in [0.15, 0.2) is 0 Å². The molecule has 0 fully saturated rings. The second-order valence-electron chi connectivity index (χ2n) is 5.62. The molecule has 0 saturated carbocycles. The molecule has 0 unspecified atom stereocenters. The van der Waals surface area contributed by atoms with E-state index in [1.807, 2.05) is 30.3 Å². The molecule has 4 nitrogen and oxygen atoms in total. The minimum Gasteiger partial charge on any atom is -0.494 e. The number of carbonyl (C=O) groups is 1. The molecule has 0 aliphatic carbocycles. The van der Waals surface area contributed by atoms with Gasteiger partial charge in [-0.25, -0.2) is 4.99 Å². The van der Waals surface area contributed by atoms with Crippen molar-refractivity contribution in [3.05, 3.63) is 76.3 Å². The number of amides is 1. The molecule has 2 aromatic carbocycles. The van der Waals surface area contributed by atoms with E-state index in [4.69, 9.17) is 11.6 Å². The van der Waals surface area contributed by atoms with Crippen molar-refractivity contribution in [3.63, 3.8) is 0 Å². The van der Waals surface area contributed by atoms with Crippen LogP contribution in [0.2, 0.25) is 5.02 Å². The smallest absolute Gasteiger partial charge is 0.280 e. The highest BCUT2D eigenvalue weighted by Gasteiger charge is 2.35. The predicted octanol–water partition coefficient (Wildman–Crippen LogP) is 4.04. The Hall–Kier alpha value is -2.85. The highest BCUT2D eigenvalue weighted by Crippen LogP contribution is 2.40. The summed E-state index contributed by atoms with van der Waals surface area (Å²) in [6.07, 6.45) is 0. The number of halogens is 1. The Morgan fingerprint density at radius 3 is 2.29 bits per heavy atom. The van der Waals surface area contributed by atoms with E-state index in [1.165, 1.54) is 0 Å². The van der Waals surface area contributed by atoms with Crippen LogP contribution in [0.25, 0.3) is 11.3 Å². The number of carbonyl (C=O) groups excluding carboxylic acids is 1. The number of hydrogen-bond donors (Lipinski definition) is 1. The third kappa shape index (κ3) is 2.07. The zero-order valence-electron chi connectivity index (χ0n) is 12.8. The van der Waals surface area contributed by atoms with Crippen LogP contribution in [0.4, 0.5) is 0 Å². The molecule has 5 heteroatoms. The summed E-state index contributed by atoms with van der Waals surface area (Å²) in [7, 11) is 1.74. The molecule has 4 rings (SSSR count). The van der Waals surface area contributed by atoms with Crippen molar-refractivity contribution in [2.24, 2.45) is 12.0 Å². The Morgan fingerprint density at radius 1 is 0.958 bits per heavy atom. The van der Waals surface area contributed by atoms with E-state index in [1.54, 1.807) is 35.9 Å². The molecule has 0 saturated heterocycles. The van der Waals surface area contributed by atoms with Crippen LogP contribution >= 0.6 is 11.6 Å². The van der Waals surface area contributed by atoms with E-state index in [9.17, 15) is 9.90 Å². The van der Waals surface area contributed by atoms with E-state index in [2.05, 4.69) is 4.99 Å². The summed E-state index contributed by atoms with van der Waals surface area (Å²) in [4.78, 5) is 16.7. The van der Waals surface area contributed by atoms with Crippen molar-refractivity contribution in [1.29, 1.82) is 0 Å². The first-order valence-corrected chi connectivity index (χ1v) is 7.82. The number of rotatable bonds is 2. The van der Waals surface area contributed by atoms with Crippen LogP contribution in [0.3, 0.4) is 0 Å². The lowest BCUT2D eigenvalue weighted by Crippen LogP contribution is -2.00. The fourth-order valence-corrected chi connectivity index (χ4v) is 3.19. The van der Waals surface area contributed by atoms with E-state index in [-0.39, 0.29) is 11.8 Å². The third-order valence-corrected chi connectivity index (χ3v) is 4.44. The number of aliphatic imine (C=N–C) groups is 1. The number of nitrogens with zero attached hydrogens (tertiary/aromatic N) is 2. The summed E-state index contributed by atoms with van der Waals surface area (Å²) in [6.45, 7) is 0. The molecule has 24 heavy (non-hydrogen) atoms. The molecule has 0 spiro atoms. The molecule has 0 radical (unpaired) electrons. The van der Waals surface area contributed by atoms with Gasteiger partial charge >= 0.3 is 0 Å². The quantitative estimate of drug-likeness (QED) is 0.767. The van der Waals surface area contributed by atoms with Crippen molar-refractivity contribution >= 4 is 23.2 Å². The Morgan fingerprint density at radius 2 is 1.62 bits per heavy atom. The van der Waals surface area contributed by atoms with Crippen LogP contribution in [0, 0.1) is 0 Å². The van der Waals surface area contributed by atoms with Gasteiger partial charge in [-0.15, -0.1) is 0 Å². The van der Waals surface area contributed by atoms with Crippen molar-refractivity contribution in [2.45, 2.75) is 0 Å². The molecule has 3 aromatic rings. The van der Waals surface area contributed by atoms with Crippen LogP contribution in [0.5, 0.6) is 5.88 Å². The van der Waals surface area contributed by atoms with Gasteiger partial charge in [-0.05, 0) is 17.7 Å². The van der Waals surface area contributed by atoms with Gasteiger partial charge in [-0.3, -0.25) is 4.79 Å². The van der Waals surface area contributed by atoms with Gasteiger partial charge in [0.05, 0.1) is 22.5 Å². The number of aromatic nitrogens is 1. The summed E-state index contributed by atoms with van der Waals surface area (Å²) < 4.78 is 1.63. The van der Waals surface area contributed by atoms with Gasteiger partial charge in [0, 0.05) is 17.6 Å². The number of fused-ring (bicyclic) bond motifs is 1. The SMILES string of the molecule is Cn1c(O)c2c(c1-c1ccccc1)C(=O)N=C2c1ccc(Cl)cc1. The van der Waals surface area contributed by atoms with Crippen molar-refractivity contribution in [2.75, 3.05) is 0 Å². The first-order chi connectivity index (χ1) is 11.6. The molecule has 118 valence electrons. The zero-order chi connectivity index (χ0) is 16.8. The van der Waals surface area contributed by atoms with Crippen molar-refractivity contribution in [3.8, 4) is 17.1 Å². The molecule has 0 bridgehead atoms. The lowest BCUT2D eigenvalue weighted by molar-refractivity contribution is 0.101. The Labute approximate surface area is 143 Å². The number of hydrogen-bond acceptors (Lipinski definition) is 2. The first-order valence-electron chi connectivity index (χ1n) is 7.44. The van der Waals surface area contributed by atoms with Crippen LogP contribution in [-0.4, -0.2) is 21.3 Å². The fourth-order valence-electron chi connectivity index (χ4n) is 3.07. The lowest BCUT2D eigenvalue weighted by atomic mass is 10.0. The average Bonchev–Trinajstić information content (AvgIpc) is 3.06. The summed E-state index contributed by atoms with van der Waals surface area (Å²) in [5, 5.41) is 11.2. The van der Waals surface area contributed by atoms with Gasteiger partial charge in [0.1, 0.15) is 0 Å². The van der Waals surface area contributed by atoms with Crippen LogP contribution in [0.1, 0.15) is 21.5 Å². The molecule has 1 aromatic heterocycles. The fraction of sp³-hybridized carbons (Fsp3) is 0.0526. The maximum absolute atomic E-state index is 12.5. The van der Waals surface area contributed by atoms with Gasteiger partial charge in [0.25, 0.3) is 5.91 Å². The predicted molar refractivity (Wildman–Crippen MR) is 93.9 cm³/mol. The molecule has 1 N–H and O–H groups in total. The second-order valence-corrected chi connectivity index (χ2v) is 6.06. The molecule has 1 amide bonds. The molecular formula is C19H13ClN2O2. The van der Waals surface area contributed by atoms with Crippen molar-refractivity contribution in [1.82, 2.24) is 4.57 Å². The molecule has 1 aliphatic rings.